The van der Waals surface area contributed by atoms with E-state index in [2.05, 4.69) is 26.7 Å². The molecule has 0 saturated carbocycles. The zero-order chi connectivity index (χ0) is 84.1. The Labute approximate surface area is 684 Å². The van der Waals surface area contributed by atoms with Gasteiger partial charge in [-0.25, -0.2) is 0 Å². The van der Waals surface area contributed by atoms with Crippen molar-refractivity contribution >= 4 is 46.3 Å². The molecule has 626 valence electrons. The molecule has 6 saturated heterocycles. The molecule has 0 bridgehead atoms. The van der Waals surface area contributed by atoms with Gasteiger partial charge in [0.25, 0.3) is 23.6 Å². The van der Waals surface area contributed by atoms with Crippen molar-refractivity contribution in [3.8, 4) is 40.6 Å². The zero-order valence-corrected chi connectivity index (χ0v) is 67.5. The van der Waals surface area contributed by atoms with E-state index in [0.29, 0.717) is 98.0 Å². The van der Waals surface area contributed by atoms with E-state index in [1.54, 1.807) is 105 Å². The second-order valence-electron chi connectivity index (χ2n) is 30.8. The Bertz CT molecular complexity index is 4710. The number of aliphatic hydroxyl groups is 3. The fourth-order valence-corrected chi connectivity index (χ4v) is 18.4. The van der Waals surface area contributed by atoms with Gasteiger partial charge in [-0.05, 0) is 172 Å². The van der Waals surface area contributed by atoms with Crippen molar-refractivity contribution in [2.24, 2.45) is 0 Å². The molecule has 0 aliphatic carbocycles. The number of nitrogens with one attached hydrogen (secondary N) is 2. The summed E-state index contributed by atoms with van der Waals surface area (Å²) >= 11 is 2.88. The summed E-state index contributed by atoms with van der Waals surface area (Å²) in [5.41, 5.74) is -8.46. The summed E-state index contributed by atoms with van der Waals surface area (Å²) in [6.45, 7) is 11.8. The molecule has 14 rings (SSSR count). The minimum atomic E-state index is -4.79. The maximum absolute atomic E-state index is 14.7. The molecule has 8 aromatic rings. The van der Waals surface area contributed by atoms with E-state index in [4.69, 9.17) is 9.47 Å². The number of nitriles is 1. The van der Waals surface area contributed by atoms with Gasteiger partial charge >= 0.3 is 12.4 Å². The number of carbonyl (C=O) groups excluding carboxylic acids is 4. The second-order valence-corrected chi connectivity index (χ2v) is 33.1. The Kier molecular flexibility index (Phi) is 28.1. The Morgan fingerprint density at radius 1 is 0.513 bits per heavy atom. The van der Waals surface area contributed by atoms with Crippen molar-refractivity contribution in [1.29, 1.82) is 5.26 Å². The standard InChI is InChI=1S/C33H35F3N4O4S.C32H36F3N3O5S.2C11H15NO2/c1-3-8-27-32(44-23-19-22(2)45-20-23,12-7-16-40(27)29(42)28-25(33(34,35)36)10-6-15-38-28)30(43)39-17-13-31(21-37,14-18-39)24-9-4-5-11-26(24)41;1-3-7-27-31(43-22-18-21(2)44-20-22,11-6-15-38(27)28(40)23-19-36-14-10-24(23)32(33,34)35)29(41)37-16-12-30(42,13-17-37)25-8-4-5-9-26(25)39;2*13-10-4-2-1-3-9(10)11(14)5-7-12-8-6-11/h4-6,9-11,15,19-20,27,41H,3,7-8,12-14,16-18H2,1-2H3;4-5,8-10,14,18-20,27,39,42H,3,6-7,11-13,15-17H2,1-2H3;2*1-4,12-14H,5-8H2/t27-,32+;27-,31+;;/m11../s1. The number of phenols is 4. The Hall–Kier alpha value is -9.87. The molecular formula is C87H101F6N9O13S2. The number of pyridine rings is 2. The van der Waals surface area contributed by atoms with Gasteiger partial charge in [0, 0.05) is 113 Å². The summed E-state index contributed by atoms with van der Waals surface area (Å²) in [4.78, 5) is 72.8. The molecule has 22 nitrogen and oxygen atoms in total. The molecular weight excluding hydrogens is 1560 g/mol. The van der Waals surface area contributed by atoms with E-state index < -0.39 is 92.1 Å². The molecule has 4 aromatic heterocycles. The van der Waals surface area contributed by atoms with Crippen LogP contribution in [0.2, 0.25) is 0 Å². The van der Waals surface area contributed by atoms with Crippen LogP contribution in [0, 0.1) is 25.2 Å². The third kappa shape index (κ3) is 19.5. The highest BCUT2D eigenvalue weighted by atomic mass is 32.1. The first kappa shape index (κ1) is 88.0. The minimum absolute atomic E-state index is 0.0173. The average molecular weight is 1660 g/mol. The quantitative estimate of drug-likeness (QED) is 0.0406. The van der Waals surface area contributed by atoms with Crippen LogP contribution in [0.1, 0.15) is 181 Å². The summed E-state index contributed by atoms with van der Waals surface area (Å²) in [7, 11) is 0. The lowest BCUT2D eigenvalue weighted by molar-refractivity contribution is -0.163. The highest BCUT2D eigenvalue weighted by molar-refractivity contribution is 7.10. The van der Waals surface area contributed by atoms with Gasteiger partial charge in [-0.15, -0.1) is 22.7 Å². The summed E-state index contributed by atoms with van der Waals surface area (Å²) in [5, 5.41) is 92.4. The van der Waals surface area contributed by atoms with Crippen LogP contribution in [0.3, 0.4) is 0 Å². The number of alkyl halides is 6. The van der Waals surface area contributed by atoms with Crippen molar-refractivity contribution in [1.82, 2.24) is 40.2 Å². The maximum Gasteiger partial charge on any atom is 0.418 e. The van der Waals surface area contributed by atoms with Gasteiger partial charge in [0.2, 0.25) is 11.2 Å². The fourth-order valence-electron chi connectivity index (χ4n) is 17.2. The predicted molar refractivity (Wildman–Crippen MR) is 428 cm³/mol. The first-order valence-corrected chi connectivity index (χ1v) is 41.4. The van der Waals surface area contributed by atoms with Gasteiger partial charge in [-0.2, -0.15) is 31.6 Å². The Morgan fingerprint density at radius 2 is 0.906 bits per heavy atom. The van der Waals surface area contributed by atoms with Crippen LogP contribution >= 0.6 is 22.7 Å². The molecule has 6 aliphatic heterocycles. The molecule has 0 radical (unpaired) electrons. The third-order valence-electron chi connectivity index (χ3n) is 23.3. The fraction of sp³-hybridized carbons (Fsp3) is 0.460. The highest BCUT2D eigenvalue weighted by Gasteiger charge is 2.59. The molecule has 6 fully saturated rings. The number of ether oxygens (including phenoxy) is 2. The number of piperidine rings is 6. The van der Waals surface area contributed by atoms with Crippen molar-refractivity contribution in [3.63, 3.8) is 0 Å². The number of phenolic OH excluding ortho intramolecular Hbond substituents is 4. The van der Waals surface area contributed by atoms with Crippen LogP contribution in [0.5, 0.6) is 34.5 Å². The molecule has 30 heteroatoms. The number of aromatic hydroxyl groups is 4. The van der Waals surface area contributed by atoms with Gasteiger partial charge in [-0.3, -0.25) is 29.1 Å². The van der Waals surface area contributed by atoms with E-state index in [1.807, 2.05) is 39.8 Å². The van der Waals surface area contributed by atoms with E-state index in [9.17, 15) is 86.5 Å². The number of carbonyl (C=O) groups is 4. The number of halogens is 6. The van der Waals surface area contributed by atoms with Crippen molar-refractivity contribution in [2.45, 2.75) is 188 Å². The third-order valence-corrected chi connectivity index (χ3v) is 25.0. The van der Waals surface area contributed by atoms with E-state index in [-0.39, 0.29) is 113 Å². The van der Waals surface area contributed by atoms with E-state index in [0.717, 1.165) is 72.7 Å². The first-order chi connectivity index (χ1) is 55.8. The van der Waals surface area contributed by atoms with Gasteiger partial charge < -0.3 is 75.5 Å². The second kappa shape index (κ2) is 37.4. The number of thiophene rings is 2. The summed E-state index contributed by atoms with van der Waals surface area (Å²) in [6, 6.07) is 34.3. The largest absolute Gasteiger partial charge is 0.508 e. The number of hydrogen-bond donors (Lipinski definition) is 9. The molecule has 9 N–H and O–H groups in total. The number of hydrogen-bond acceptors (Lipinski definition) is 20. The van der Waals surface area contributed by atoms with Gasteiger partial charge in [-0.1, -0.05) is 99.5 Å². The number of aromatic nitrogens is 2. The van der Waals surface area contributed by atoms with Crippen molar-refractivity contribution in [3.05, 3.63) is 211 Å². The molecule has 4 aromatic carbocycles. The summed E-state index contributed by atoms with van der Waals surface area (Å²) < 4.78 is 96.8. The van der Waals surface area contributed by atoms with Gasteiger partial charge in [0.05, 0.1) is 57.1 Å². The number of benzene rings is 4. The van der Waals surface area contributed by atoms with Crippen molar-refractivity contribution < 1.29 is 90.7 Å². The number of amides is 4. The molecule has 6 aliphatic rings. The molecule has 0 spiro atoms. The minimum Gasteiger partial charge on any atom is -0.508 e. The summed E-state index contributed by atoms with van der Waals surface area (Å²) in [6.07, 6.45) is -0.105. The van der Waals surface area contributed by atoms with Crippen LogP contribution in [-0.4, -0.2) is 178 Å². The zero-order valence-electron chi connectivity index (χ0n) is 65.8. The van der Waals surface area contributed by atoms with Crippen LogP contribution in [0.25, 0.3) is 0 Å². The molecule has 117 heavy (non-hydrogen) atoms. The topological polar surface area (TPSA) is 315 Å². The summed E-state index contributed by atoms with van der Waals surface area (Å²) in [5.74, 6) is -1.22. The number of rotatable bonds is 16. The van der Waals surface area contributed by atoms with E-state index >= 15 is 0 Å². The van der Waals surface area contributed by atoms with Gasteiger partial charge in [0.1, 0.15) is 40.2 Å². The molecule has 10 heterocycles. The van der Waals surface area contributed by atoms with Crippen LogP contribution in [0.4, 0.5) is 26.3 Å². The van der Waals surface area contributed by atoms with Crippen LogP contribution in [0.15, 0.2) is 157 Å². The Balaban J connectivity index is 0.000000172. The van der Waals surface area contributed by atoms with Gasteiger partial charge in [0.15, 0.2) is 0 Å². The average Bonchev–Trinajstić information content (AvgIpc) is 1.74. The number of para-hydroxylation sites is 4. The van der Waals surface area contributed by atoms with Crippen LogP contribution < -0.4 is 20.1 Å². The normalized spacial score (nSPS) is 21.6. The van der Waals surface area contributed by atoms with E-state index in [1.165, 1.54) is 44.6 Å². The monoisotopic (exact) mass is 1660 g/mol. The lowest BCUT2D eigenvalue weighted by atomic mass is 9.73. The smallest absolute Gasteiger partial charge is 0.418 e. The molecule has 4 amide bonds. The number of nitrogens with zero attached hydrogens (tertiary/aromatic N) is 7. The lowest BCUT2D eigenvalue weighted by Gasteiger charge is -2.51. The molecule has 0 unspecified atom stereocenters. The predicted octanol–water partition coefficient (Wildman–Crippen LogP) is 14.3. The maximum atomic E-state index is 14.7. The molecule has 4 atom stereocenters. The number of aryl methyl sites for hydroxylation is 2. The first-order valence-electron chi connectivity index (χ1n) is 39.7. The van der Waals surface area contributed by atoms with Crippen LogP contribution in [-0.2, 0) is 44.2 Å². The Morgan fingerprint density at radius 3 is 1.29 bits per heavy atom. The number of likely N-dealkylation sites (tertiary alicyclic amines) is 4. The SMILES string of the molecule is CCC[C@H]1N(C(=O)c2cnccc2C(F)(F)F)CCC[C@@]1(Oc1csc(C)c1)C(=O)N1CCC(O)(c2ccccc2O)CC1.CCC[C@H]1N(C(=O)c2ncccc2C(F)(F)F)CCC[C@@]1(Oc1csc(C)c1)C(=O)N1CCC(C#N)(c2ccccc2O)CC1.Oc1ccccc1C1(O)CCNCC1.Oc1ccccc1C1(O)CCNCC1. The highest BCUT2D eigenvalue weighted by Crippen LogP contribution is 2.48. The lowest BCUT2D eigenvalue weighted by Crippen LogP contribution is -2.68. The van der Waals surface area contributed by atoms with Crippen molar-refractivity contribution in [2.75, 3.05) is 65.4 Å².